The van der Waals surface area contributed by atoms with E-state index < -0.39 is 0 Å². The minimum Gasteiger partial charge on any atom is -0.282 e. The number of pyridine rings is 1. The molecule has 2 heterocycles. The molecule has 3 rings (SSSR count). The Morgan fingerprint density at radius 1 is 1.19 bits per heavy atom. The molecule has 3 aromatic rings. The summed E-state index contributed by atoms with van der Waals surface area (Å²) in [5.41, 5.74) is 2.02. The van der Waals surface area contributed by atoms with Crippen molar-refractivity contribution in [3.8, 4) is 6.07 Å². The number of imidazole rings is 1. The maximum atomic E-state index is 9.07. The molecule has 0 amide bonds. The van der Waals surface area contributed by atoms with Gasteiger partial charge < -0.3 is 0 Å². The average molecular weight is 228 g/mol. The molecule has 2 aromatic heterocycles. The van der Waals surface area contributed by atoms with Crippen LogP contribution in [0.3, 0.4) is 0 Å². The maximum Gasteiger partial charge on any atom is 0.166 e. The Morgan fingerprint density at radius 3 is 2.81 bits per heavy atom. The van der Waals surface area contributed by atoms with Gasteiger partial charge in [-0.15, -0.1) is 0 Å². The number of hydrogen-bond acceptors (Lipinski definition) is 2. The van der Waals surface area contributed by atoms with E-state index in [1.165, 1.54) is 0 Å². The molecule has 3 nitrogen and oxygen atoms in total. The molecule has 0 spiro atoms. The van der Waals surface area contributed by atoms with E-state index in [2.05, 4.69) is 11.1 Å². The number of aromatic nitrogens is 2. The summed E-state index contributed by atoms with van der Waals surface area (Å²) >= 11 is 5.91. The van der Waals surface area contributed by atoms with Crippen LogP contribution in [0.5, 0.6) is 0 Å². The Bertz CT molecular complexity index is 737. The number of hydrogen-bond donors (Lipinski definition) is 0. The molecule has 0 N–H and O–H groups in total. The second kappa shape index (κ2) is 3.22. The van der Waals surface area contributed by atoms with Crippen molar-refractivity contribution in [2.75, 3.05) is 0 Å². The molecule has 0 fully saturated rings. The summed E-state index contributed by atoms with van der Waals surface area (Å²) in [6, 6.07) is 13.7. The van der Waals surface area contributed by atoms with Crippen LogP contribution in [0.25, 0.3) is 16.6 Å². The molecular formula is C12H6ClN3. The summed E-state index contributed by atoms with van der Waals surface area (Å²) in [4.78, 5) is 4.14. The molecule has 0 atom stereocenters. The van der Waals surface area contributed by atoms with Gasteiger partial charge in [-0.3, -0.25) is 4.40 Å². The minimum atomic E-state index is 0.249. The number of para-hydroxylation sites is 1. The van der Waals surface area contributed by atoms with E-state index in [0.29, 0.717) is 11.3 Å². The second-order valence-corrected chi connectivity index (χ2v) is 3.81. The Balaban J connectivity index is 2.64. The van der Waals surface area contributed by atoms with Crippen molar-refractivity contribution in [2.45, 2.75) is 0 Å². The number of nitriles is 1. The molecule has 0 radical (unpaired) electrons. The zero-order valence-electron chi connectivity index (χ0n) is 8.18. The first-order valence-electron chi connectivity index (χ1n) is 4.77. The van der Waals surface area contributed by atoms with Gasteiger partial charge in [0.25, 0.3) is 0 Å². The zero-order valence-corrected chi connectivity index (χ0v) is 8.94. The van der Waals surface area contributed by atoms with Crippen LogP contribution in [0.1, 0.15) is 5.69 Å². The first-order chi connectivity index (χ1) is 7.81. The van der Waals surface area contributed by atoms with Crippen LogP contribution in [0.2, 0.25) is 5.15 Å². The number of rotatable bonds is 0. The van der Waals surface area contributed by atoms with Gasteiger partial charge in [-0.2, -0.15) is 5.26 Å². The van der Waals surface area contributed by atoms with Crippen LogP contribution >= 0.6 is 11.6 Å². The van der Waals surface area contributed by atoms with Crippen LogP contribution in [0.4, 0.5) is 0 Å². The van der Waals surface area contributed by atoms with Gasteiger partial charge in [0.1, 0.15) is 11.7 Å². The van der Waals surface area contributed by atoms with E-state index in [4.69, 9.17) is 16.9 Å². The van der Waals surface area contributed by atoms with Gasteiger partial charge in [-0.1, -0.05) is 29.8 Å². The third-order valence-electron chi connectivity index (χ3n) is 2.56. The molecule has 0 aliphatic carbocycles. The average Bonchev–Trinajstić information content (AvgIpc) is 2.65. The molecule has 0 unspecified atom stereocenters. The maximum absolute atomic E-state index is 9.07. The number of benzene rings is 1. The molecule has 0 bridgehead atoms. The molecular weight excluding hydrogens is 222 g/mol. The predicted molar refractivity (Wildman–Crippen MR) is 62.4 cm³/mol. The Hall–Kier alpha value is -2.05. The third-order valence-corrected chi connectivity index (χ3v) is 2.82. The quantitative estimate of drug-likeness (QED) is 0.592. The fourth-order valence-corrected chi connectivity index (χ4v) is 2.07. The van der Waals surface area contributed by atoms with Crippen molar-refractivity contribution in [1.29, 1.82) is 5.26 Å². The van der Waals surface area contributed by atoms with Gasteiger partial charge in [0.05, 0.1) is 5.52 Å². The van der Waals surface area contributed by atoms with Gasteiger partial charge in [-0.05, 0) is 23.6 Å². The van der Waals surface area contributed by atoms with Crippen molar-refractivity contribution in [3.63, 3.8) is 0 Å². The van der Waals surface area contributed by atoms with Crippen molar-refractivity contribution < 1.29 is 0 Å². The Labute approximate surface area is 96.5 Å². The molecule has 16 heavy (non-hydrogen) atoms. The summed E-state index contributed by atoms with van der Waals surface area (Å²) in [5, 5.41) is 10.4. The molecule has 1 aromatic carbocycles. The first-order valence-corrected chi connectivity index (χ1v) is 5.15. The van der Waals surface area contributed by atoms with Crippen LogP contribution in [0.15, 0.2) is 36.4 Å². The summed E-state index contributed by atoms with van der Waals surface area (Å²) in [6.45, 7) is 0. The van der Waals surface area contributed by atoms with Gasteiger partial charge >= 0.3 is 0 Å². The van der Waals surface area contributed by atoms with Gasteiger partial charge in [0, 0.05) is 0 Å². The summed E-state index contributed by atoms with van der Waals surface area (Å²) in [6.07, 6.45) is 0. The standard InChI is InChI=1S/C12H6ClN3/c13-12-10(7-14)16-9-4-2-1-3-8(9)5-6-11(16)15-12/h1-6H. The van der Waals surface area contributed by atoms with Crippen molar-refractivity contribution in [1.82, 2.24) is 9.38 Å². The van der Waals surface area contributed by atoms with E-state index in [0.717, 1.165) is 10.9 Å². The van der Waals surface area contributed by atoms with E-state index in [1.54, 1.807) is 4.40 Å². The first kappa shape index (κ1) is 9.20. The monoisotopic (exact) mass is 227 g/mol. The SMILES string of the molecule is N#Cc1c(Cl)nc2ccc3ccccc3n12. The van der Waals surface area contributed by atoms with Crippen LogP contribution < -0.4 is 0 Å². The van der Waals surface area contributed by atoms with Crippen molar-refractivity contribution >= 4 is 28.2 Å². The lowest BCUT2D eigenvalue weighted by Gasteiger charge is -2.01. The largest absolute Gasteiger partial charge is 0.282 e. The highest BCUT2D eigenvalue weighted by Gasteiger charge is 2.11. The number of fused-ring (bicyclic) bond motifs is 3. The van der Waals surface area contributed by atoms with E-state index >= 15 is 0 Å². The zero-order chi connectivity index (χ0) is 11.1. The van der Waals surface area contributed by atoms with Crippen LogP contribution in [-0.2, 0) is 0 Å². The predicted octanol–water partition coefficient (Wildman–Crippen LogP) is 3.01. The second-order valence-electron chi connectivity index (χ2n) is 3.45. The molecule has 76 valence electrons. The van der Waals surface area contributed by atoms with Gasteiger partial charge in [-0.25, -0.2) is 4.98 Å². The smallest absolute Gasteiger partial charge is 0.166 e. The number of halogens is 1. The summed E-state index contributed by atoms with van der Waals surface area (Å²) < 4.78 is 1.78. The molecule has 4 heteroatoms. The van der Waals surface area contributed by atoms with E-state index in [9.17, 15) is 0 Å². The highest BCUT2D eigenvalue weighted by Crippen LogP contribution is 2.22. The lowest BCUT2D eigenvalue weighted by Crippen LogP contribution is -1.90. The van der Waals surface area contributed by atoms with Gasteiger partial charge in [0.15, 0.2) is 10.8 Å². The van der Waals surface area contributed by atoms with Crippen molar-refractivity contribution in [2.24, 2.45) is 0 Å². The highest BCUT2D eigenvalue weighted by molar-refractivity contribution is 6.30. The minimum absolute atomic E-state index is 0.249. The van der Waals surface area contributed by atoms with Crippen molar-refractivity contribution in [3.05, 3.63) is 47.2 Å². The fourth-order valence-electron chi connectivity index (χ4n) is 1.86. The fraction of sp³-hybridized carbons (Fsp3) is 0. The van der Waals surface area contributed by atoms with Crippen LogP contribution in [0, 0.1) is 11.3 Å². The van der Waals surface area contributed by atoms with E-state index in [1.807, 2.05) is 36.4 Å². The Kier molecular flexibility index (Phi) is 1.85. The molecule has 0 aliphatic rings. The molecule has 0 saturated heterocycles. The lowest BCUT2D eigenvalue weighted by atomic mass is 10.2. The summed E-state index contributed by atoms with van der Waals surface area (Å²) in [7, 11) is 0. The van der Waals surface area contributed by atoms with E-state index in [-0.39, 0.29) is 5.15 Å². The summed E-state index contributed by atoms with van der Waals surface area (Å²) in [5.74, 6) is 0. The topological polar surface area (TPSA) is 41.1 Å². The highest BCUT2D eigenvalue weighted by atomic mass is 35.5. The molecule has 0 aliphatic heterocycles. The lowest BCUT2D eigenvalue weighted by molar-refractivity contribution is 1.22. The molecule has 0 saturated carbocycles. The normalized spacial score (nSPS) is 10.8. The van der Waals surface area contributed by atoms with Gasteiger partial charge in [0.2, 0.25) is 0 Å². The van der Waals surface area contributed by atoms with Crippen LogP contribution in [-0.4, -0.2) is 9.38 Å². The third kappa shape index (κ3) is 1.11. The number of nitrogens with zero attached hydrogens (tertiary/aromatic N) is 3. The Morgan fingerprint density at radius 2 is 2.00 bits per heavy atom.